The normalized spacial score (nSPS) is 11.6. The number of carbonyl (C=O) groups is 1. The summed E-state index contributed by atoms with van der Waals surface area (Å²) in [6.45, 7) is 0.433. The minimum Gasteiger partial charge on any atom is -0.329 e. The molecule has 1 aromatic rings. The summed E-state index contributed by atoms with van der Waals surface area (Å²) in [5.74, 6) is 0.134. The van der Waals surface area contributed by atoms with Gasteiger partial charge in [-0.25, -0.2) is 0 Å². The van der Waals surface area contributed by atoms with Gasteiger partial charge in [0.25, 0.3) is 0 Å². The zero-order valence-corrected chi connectivity index (χ0v) is 9.37. The highest BCUT2D eigenvalue weighted by Crippen LogP contribution is 2.05. The minimum absolute atomic E-state index is 0. The van der Waals surface area contributed by atoms with Crippen molar-refractivity contribution in [1.82, 2.24) is 0 Å². The van der Waals surface area contributed by atoms with E-state index >= 15 is 0 Å². The van der Waals surface area contributed by atoms with Crippen molar-refractivity contribution in [1.29, 1.82) is 0 Å². The fourth-order valence-corrected chi connectivity index (χ4v) is 1.20. The van der Waals surface area contributed by atoms with Gasteiger partial charge >= 0.3 is 0 Å². The maximum Gasteiger partial charge on any atom is 0.162 e. The topological polar surface area (TPSA) is 69.1 Å². The molecule has 0 spiro atoms. The van der Waals surface area contributed by atoms with Crippen LogP contribution in [0.5, 0.6) is 0 Å². The Kier molecular flexibility index (Phi) is 6.96. The summed E-state index contributed by atoms with van der Waals surface area (Å²) in [7, 11) is 0. The van der Waals surface area contributed by atoms with Crippen LogP contribution in [0, 0.1) is 0 Å². The molecule has 84 valence electrons. The maximum atomic E-state index is 11.6. The van der Waals surface area contributed by atoms with E-state index in [1.807, 2.05) is 30.3 Å². The molecule has 1 rings (SSSR count). The molecule has 0 radical (unpaired) electrons. The summed E-state index contributed by atoms with van der Waals surface area (Å²) in [6, 6.07) is 9.17. The van der Waals surface area contributed by atoms with Crippen LogP contribution in [-0.4, -0.2) is 18.4 Å². The molecule has 1 aromatic carbocycles. The molecule has 0 amide bonds. The van der Waals surface area contributed by atoms with Crippen LogP contribution >= 0.6 is 12.4 Å². The summed E-state index contributed by atoms with van der Waals surface area (Å²) in [4.78, 5) is 11.6. The number of hydrogen-bond donors (Lipinski definition) is 2. The molecule has 0 heterocycles. The summed E-state index contributed by atoms with van der Waals surface area (Å²) < 4.78 is 0. The molecule has 4 heteroatoms. The smallest absolute Gasteiger partial charge is 0.162 e. The van der Waals surface area contributed by atoms with Gasteiger partial charge in [-0.15, -0.1) is 12.4 Å². The predicted octanol–water partition coefficient (Wildman–Crippen LogP) is 1.36. The first-order chi connectivity index (χ1) is 6.74. The van der Waals surface area contributed by atoms with E-state index in [0.717, 1.165) is 5.56 Å². The highest BCUT2D eigenvalue weighted by molar-refractivity contribution is 5.95. The third-order valence-corrected chi connectivity index (χ3v) is 2.14. The summed E-state index contributed by atoms with van der Waals surface area (Å²) >= 11 is 0. The first kappa shape index (κ1) is 14.1. The molecule has 0 fully saturated rings. The predicted molar refractivity (Wildman–Crippen MR) is 64.3 cm³/mol. The van der Waals surface area contributed by atoms with Crippen LogP contribution in [0.2, 0.25) is 0 Å². The van der Waals surface area contributed by atoms with Crippen LogP contribution < -0.4 is 11.5 Å². The Morgan fingerprint density at radius 2 is 1.87 bits per heavy atom. The fourth-order valence-electron chi connectivity index (χ4n) is 1.20. The first-order valence-corrected chi connectivity index (χ1v) is 4.78. The summed E-state index contributed by atoms with van der Waals surface area (Å²) in [5.41, 5.74) is 11.7. The zero-order valence-electron chi connectivity index (χ0n) is 8.56. The van der Waals surface area contributed by atoms with Crippen LogP contribution in [0.3, 0.4) is 0 Å². The number of hydrogen-bond acceptors (Lipinski definition) is 3. The van der Waals surface area contributed by atoms with Gasteiger partial charge in [0.15, 0.2) is 5.78 Å². The first-order valence-electron chi connectivity index (χ1n) is 4.78. The van der Waals surface area contributed by atoms with Crippen LogP contribution in [0.25, 0.3) is 0 Å². The summed E-state index contributed by atoms with van der Waals surface area (Å²) in [5, 5.41) is 0. The molecule has 4 N–H and O–H groups in total. The average Bonchev–Trinajstić information content (AvgIpc) is 2.26. The second-order valence-corrected chi connectivity index (χ2v) is 3.32. The number of halogens is 1. The quantitative estimate of drug-likeness (QED) is 0.748. The van der Waals surface area contributed by atoms with Crippen molar-refractivity contribution in [2.45, 2.75) is 18.9 Å². The molecule has 0 saturated heterocycles. The molecular formula is C11H17ClN2O. The number of benzene rings is 1. The number of Topliss-reactive ketones (excluding diaryl/α,β-unsaturated/α-hetero) is 1. The molecule has 0 saturated carbocycles. The van der Waals surface area contributed by atoms with Gasteiger partial charge in [0, 0.05) is 24.6 Å². The Morgan fingerprint density at radius 1 is 1.27 bits per heavy atom. The number of rotatable bonds is 5. The van der Waals surface area contributed by atoms with Gasteiger partial charge in [0.1, 0.15) is 0 Å². The molecule has 3 nitrogen and oxygen atoms in total. The maximum absolute atomic E-state index is 11.6. The minimum atomic E-state index is -0.0670. The third kappa shape index (κ3) is 4.93. The Bertz CT molecular complexity index is 290. The van der Waals surface area contributed by atoms with Crippen LogP contribution in [0.4, 0.5) is 0 Å². The van der Waals surface area contributed by atoms with Crippen molar-refractivity contribution in [2.24, 2.45) is 11.5 Å². The molecule has 0 aromatic heterocycles. The van der Waals surface area contributed by atoms with Gasteiger partial charge in [0.2, 0.25) is 0 Å². The average molecular weight is 229 g/mol. The molecule has 0 bridgehead atoms. The SMILES string of the molecule is Cl.NCC(N)CCC(=O)c1ccccc1. The van der Waals surface area contributed by atoms with E-state index in [1.54, 1.807) is 0 Å². The highest BCUT2D eigenvalue weighted by Gasteiger charge is 2.07. The molecule has 0 aliphatic carbocycles. The summed E-state index contributed by atoms with van der Waals surface area (Å²) in [6.07, 6.45) is 1.13. The standard InChI is InChI=1S/C11H16N2O.ClH/c12-8-10(13)6-7-11(14)9-4-2-1-3-5-9;/h1-5,10H,6-8,12-13H2;1H. The van der Waals surface area contributed by atoms with E-state index in [4.69, 9.17) is 11.5 Å². The van der Waals surface area contributed by atoms with E-state index < -0.39 is 0 Å². The monoisotopic (exact) mass is 228 g/mol. The van der Waals surface area contributed by atoms with Crippen molar-refractivity contribution in [3.8, 4) is 0 Å². The lowest BCUT2D eigenvalue weighted by atomic mass is 10.0. The Labute approximate surface area is 96.3 Å². The van der Waals surface area contributed by atoms with Crippen molar-refractivity contribution in [3.63, 3.8) is 0 Å². The largest absolute Gasteiger partial charge is 0.329 e. The number of ketones is 1. The second-order valence-electron chi connectivity index (χ2n) is 3.32. The third-order valence-electron chi connectivity index (χ3n) is 2.14. The van der Waals surface area contributed by atoms with Gasteiger partial charge in [-0.3, -0.25) is 4.79 Å². The number of nitrogens with two attached hydrogens (primary N) is 2. The fraction of sp³-hybridized carbons (Fsp3) is 0.364. The van der Waals surface area contributed by atoms with Crippen molar-refractivity contribution in [3.05, 3.63) is 35.9 Å². The van der Waals surface area contributed by atoms with E-state index in [0.29, 0.717) is 19.4 Å². The van der Waals surface area contributed by atoms with Crippen LogP contribution in [-0.2, 0) is 0 Å². The molecule has 15 heavy (non-hydrogen) atoms. The molecule has 0 aliphatic rings. The lowest BCUT2D eigenvalue weighted by Crippen LogP contribution is -2.30. The van der Waals surface area contributed by atoms with Crippen molar-refractivity contribution in [2.75, 3.05) is 6.54 Å². The van der Waals surface area contributed by atoms with Gasteiger partial charge in [-0.05, 0) is 6.42 Å². The van der Waals surface area contributed by atoms with Gasteiger partial charge < -0.3 is 11.5 Å². The van der Waals surface area contributed by atoms with E-state index in [-0.39, 0.29) is 24.2 Å². The van der Waals surface area contributed by atoms with E-state index in [1.165, 1.54) is 0 Å². The Morgan fingerprint density at radius 3 is 2.40 bits per heavy atom. The Balaban J connectivity index is 0.00000196. The van der Waals surface area contributed by atoms with Crippen molar-refractivity contribution >= 4 is 18.2 Å². The van der Waals surface area contributed by atoms with E-state index in [2.05, 4.69) is 0 Å². The van der Waals surface area contributed by atoms with Gasteiger partial charge in [-0.1, -0.05) is 30.3 Å². The lowest BCUT2D eigenvalue weighted by molar-refractivity contribution is 0.0977. The second kappa shape index (κ2) is 7.40. The molecule has 1 atom stereocenters. The highest BCUT2D eigenvalue weighted by atomic mass is 35.5. The van der Waals surface area contributed by atoms with Crippen LogP contribution in [0.15, 0.2) is 30.3 Å². The number of carbonyl (C=O) groups excluding carboxylic acids is 1. The Hall–Kier alpha value is -0.900. The van der Waals surface area contributed by atoms with E-state index in [9.17, 15) is 4.79 Å². The van der Waals surface area contributed by atoms with Gasteiger partial charge in [0.05, 0.1) is 0 Å². The molecule has 1 unspecified atom stereocenters. The van der Waals surface area contributed by atoms with Crippen molar-refractivity contribution < 1.29 is 4.79 Å². The van der Waals surface area contributed by atoms with Crippen LogP contribution in [0.1, 0.15) is 23.2 Å². The molecular weight excluding hydrogens is 212 g/mol. The molecule has 0 aliphatic heterocycles. The zero-order chi connectivity index (χ0) is 10.4. The lowest BCUT2D eigenvalue weighted by Gasteiger charge is -2.06. The van der Waals surface area contributed by atoms with Gasteiger partial charge in [-0.2, -0.15) is 0 Å².